The summed E-state index contributed by atoms with van der Waals surface area (Å²) in [5.74, 6) is 0.122. The van der Waals surface area contributed by atoms with Gasteiger partial charge in [0.2, 0.25) is 11.8 Å². The average molecular weight is 423 g/mol. The van der Waals surface area contributed by atoms with Gasteiger partial charge in [0.05, 0.1) is 18.4 Å². The van der Waals surface area contributed by atoms with Crippen LogP contribution in [0.3, 0.4) is 0 Å². The fourth-order valence-corrected chi connectivity index (χ4v) is 3.26. The number of benzene rings is 2. The summed E-state index contributed by atoms with van der Waals surface area (Å²) in [7, 11) is 1.57. The monoisotopic (exact) mass is 423 g/mol. The summed E-state index contributed by atoms with van der Waals surface area (Å²) < 4.78 is 5.07. The number of methoxy groups -OCH3 is 1. The van der Waals surface area contributed by atoms with E-state index in [0.29, 0.717) is 11.4 Å². The molecule has 0 radical (unpaired) electrons. The Hall–Kier alpha value is -3.52. The van der Waals surface area contributed by atoms with Gasteiger partial charge in [0.1, 0.15) is 5.75 Å². The molecule has 0 saturated heterocycles. The number of hydrogen-bond donors (Lipinski definition) is 3. The van der Waals surface area contributed by atoms with Gasteiger partial charge in [-0.05, 0) is 29.8 Å². The number of allylic oxidation sites excluding steroid dienone is 1. The SMILES string of the molecule is COc1ccc(NC(=O)CSc2nc(O)c(C/C=C/c3ccccc3)c(=O)[nH]2)cc1. The standard InChI is InChI=1S/C22H21N3O4S/c1-29-17-12-10-16(11-13-17)23-19(26)14-30-22-24-20(27)18(21(28)25-22)9-5-8-15-6-3-2-4-7-15/h2-8,10-13H,9,14H2,1H3,(H,23,26)(H2,24,25,27,28)/b8-5+. The van der Waals surface area contributed by atoms with Crippen LogP contribution in [0.1, 0.15) is 11.1 Å². The molecule has 0 aliphatic heterocycles. The zero-order valence-corrected chi connectivity index (χ0v) is 17.1. The molecule has 0 aliphatic carbocycles. The van der Waals surface area contributed by atoms with Crippen molar-refractivity contribution in [1.29, 1.82) is 0 Å². The molecule has 0 aliphatic rings. The van der Waals surface area contributed by atoms with Crippen molar-refractivity contribution in [2.75, 3.05) is 18.2 Å². The second-order valence-corrected chi connectivity index (χ2v) is 7.22. The van der Waals surface area contributed by atoms with Gasteiger partial charge in [0.25, 0.3) is 5.56 Å². The fourth-order valence-electron chi connectivity index (χ4n) is 2.60. The molecule has 3 rings (SSSR count). The van der Waals surface area contributed by atoms with Crippen molar-refractivity contribution in [3.05, 3.63) is 82.2 Å². The maximum atomic E-state index is 12.3. The number of H-pyrrole nitrogens is 1. The summed E-state index contributed by atoms with van der Waals surface area (Å²) in [6.45, 7) is 0. The Labute approximate surface area is 177 Å². The molecule has 3 aromatic rings. The number of nitrogens with one attached hydrogen (secondary N) is 2. The molecule has 1 aromatic heterocycles. The molecule has 0 saturated carbocycles. The van der Waals surface area contributed by atoms with Crippen LogP contribution in [0.25, 0.3) is 6.08 Å². The molecule has 0 atom stereocenters. The predicted octanol–water partition coefficient (Wildman–Crippen LogP) is 3.47. The van der Waals surface area contributed by atoms with Gasteiger partial charge in [-0.25, -0.2) is 0 Å². The maximum Gasteiger partial charge on any atom is 0.258 e. The van der Waals surface area contributed by atoms with E-state index in [4.69, 9.17) is 4.74 Å². The average Bonchev–Trinajstić information content (AvgIpc) is 2.75. The third-order valence-corrected chi connectivity index (χ3v) is 4.99. The molecule has 3 N–H and O–H groups in total. The van der Waals surface area contributed by atoms with Crippen LogP contribution in [0.15, 0.2) is 70.6 Å². The summed E-state index contributed by atoms with van der Waals surface area (Å²) in [5, 5.41) is 13.0. The zero-order valence-electron chi connectivity index (χ0n) is 16.3. The number of aromatic hydroxyl groups is 1. The first-order valence-electron chi connectivity index (χ1n) is 9.15. The molecule has 1 amide bonds. The third kappa shape index (κ3) is 5.99. The Balaban J connectivity index is 1.57. The molecule has 0 unspecified atom stereocenters. The summed E-state index contributed by atoms with van der Waals surface area (Å²) in [5.41, 5.74) is 1.37. The number of carbonyl (C=O) groups excluding carboxylic acids is 1. The van der Waals surface area contributed by atoms with Gasteiger partial charge < -0.3 is 20.1 Å². The summed E-state index contributed by atoms with van der Waals surface area (Å²) in [6, 6.07) is 16.6. The van der Waals surface area contributed by atoms with E-state index in [-0.39, 0.29) is 34.7 Å². The van der Waals surface area contributed by atoms with Gasteiger partial charge in [-0.1, -0.05) is 54.2 Å². The molecule has 30 heavy (non-hydrogen) atoms. The molecular formula is C22H21N3O4S. The minimum Gasteiger partial charge on any atom is -0.497 e. The number of rotatable bonds is 8. The van der Waals surface area contributed by atoms with Crippen molar-refractivity contribution in [2.24, 2.45) is 0 Å². The normalized spacial score (nSPS) is 10.8. The third-order valence-electron chi connectivity index (χ3n) is 4.12. The molecule has 0 bridgehead atoms. The Morgan fingerprint density at radius 1 is 1.20 bits per heavy atom. The van der Waals surface area contributed by atoms with E-state index in [9.17, 15) is 14.7 Å². The van der Waals surface area contributed by atoms with Crippen molar-refractivity contribution in [3.63, 3.8) is 0 Å². The van der Waals surface area contributed by atoms with E-state index >= 15 is 0 Å². The first-order chi connectivity index (χ1) is 14.5. The van der Waals surface area contributed by atoms with Crippen LogP contribution in [0.2, 0.25) is 0 Å². The second kappa shape index (κ2) is 10.3. The van der Waals surface area contributed by atoms with E-state index in [1.807, 2.05) is 36.4 Å². The number of ether oxygens (including phenoxy) is 1. The molecule has 0 fully saturated rings. The molecular weight excluding hydrogens is 402 g/mol. The summed E-state index contributed by atoms with van der Waals surface area (Å²) in [6.07, 6.45) is 3.90. The minimum atomic E-state index is -0.432. The van der Waals surface area contributed by atoms with E-state index in [2.05, 4.69) is 15.3 Å². The van der Waals surface area contributed by atoms with E-state index in [0.717, 1.165) is 17.3 Å². The van der Waals surface area contributed by atoms with Crippen LogP contribution in [0.4, 0.5) is 5.69 Å². The number of nitrogens with zero attached hydrogens (tertiary/aromatic N) is 1. The van der Waals surface area contributed by atoms with Gasteiger partial charge >= 0.3 is 0 Å². The lowest BCUT2D eigenvalue weighted by molar-refractivity contribution is -0.113. The van der Waals surface area contributed by atoms with Crippen molar-refractivity contribution >= 4 is 29.4 Å². The quantitative estimate of drug-likeness (QED) is 0.379. The van der Waals surface area contributed by atoms with Gasteiger partial charge in [0.15, 0.2) is 5.16 Å². The Morgan fingerprint density at radius 2 is 1.93 bits per heavy atom. The molecule has 1 heterocycles. The highest BCUT2D eigenvalue weighted by molar-refractivity contribution is 7.99. The Bertz CT molecular complexity index is 1080. The van der Waals surface area contributed by atoms with Crippen LogP contribution >= 0.6 is 11.8 Å². The van der Waals surface area contributed by atoms with Crippen LogP contribution in [-0.4, -0.2) is 33.8 Å². The predicted molar refractivity (Wildman–Crippen MR) is 118 cm³/mol. The van der Waals surface area contributed by atoms with Crippen molar-refractivity contribution in [2.45, 2.75) is 11.6 Å². The van der Waals surface area contributed by atoms with Crippen LogP contribution in [0, 0.1) is 0 Å². The van der Waals surface area contributed by atoms with E-state index in [1.165, 1.54) is 0 Å². The van der Waals surface area contributed by atoms with E-state index in [1.54, 1.807) is 37.5 Å². The lowest BCUT2D eigenvalue weighted by atomic mass is 10.1. The number of amides is 1. The topological polar surface area (TPSA) is 104 Å². The first kappa shape index (κ1) is 21.2. The molecule has 8 heteroatoms. The lowest BCUT2D eigenvalue weighted by Gasteiger charge is -2.07. The summed E-state index contributed by atoms with van der Waals surface area (Å²) in [4.78, 5) is 31.0. The first-order valence-corrected chi connectivity index (χ1v) is 10.1. The smallest absolute Gasteiger partial charge is 0.258 e. The Kier molecular flexibility index (Phi) is 7.29. The number of anilines is 1. The number of carbonyl (C=O) groups is 1. The highest BCUT2D eigenvalue weighted by Gasteiger charge is 2.11. The van der Waals surface area contributed by atoms with E-state index < -0.39 is 5.56 Å². The number of aromatic amines is 1. The molecule has 7 nitrogen and oxygen atoms in total. The van der Waals surface area contributed by atoms with Crippen LogP contribution in [0.5, 0.6) is 11.6 Å². The molecule has 0 spiro atoms. The van der Waals surface area contributed by atoms with Crippen molar-refractivity contribution in [3.8, 4) is 11.6 Å². The van der Waals surface area contributed by atoms with Crippen molar-refractivity contribution in [1.82, 2.24) is 9.97 Å². The molecule has 154 valence electrons. The highest BCUT2D eigenvalue weighted by atomic mass is 32.2. The van der Waals surface area contributed by atoms with Gasteiger partial charge in [-0.2, -0.15) is 4.98 Å². The second-order valence-electron chi connectivity index (χ2n) is 6.26. The maximum absolute atomic E-state index is 12.3. The fraction of sp³-hybridized carbons (Fsp3) is 0.136. The van der Waals surface area contributed by atoms with Crippen molar-refractivity contribution < 1.29 is 14.6 Å². The summed E-state index contributed by atoms with van der Waals surface area (Å²) >= 11 is 1.03. The molecule has 2 aromatic carbocycles. The van der Waals surface area contributed by atoms with Crippen LogP contribution < -0.4 is 15.6 Å². The lowest BCUT2D eigenvalue weighted by Crippen LogP contribution is -2.17. The number of aromatic nitrogens is 2. The largest absolute Gasteiger partial charge is 0.497 e. The number of thioether (sulfide) groups is 1. The highest BCUT2D eigenvalue weighted by Crippen LogP contribution is 2.19. The zero-order chi connectivity index (χ0) is 21.3. The minimum absolute atomic E-state index is 0.0294. The van der Waals surface area contributed by atoms with Crippen LogP contribution in [-0.2, 0) is 11.2 Å². The van der Waals surface area contributed by atoms with Gasteiger partial charge in [0, 0.05) is 12.1 Å². The van der Waals surface area contributed by atoms with Gasteiger partial charge in [-0.15, -0.1) is 0 Å². The Morgan fingerprint density at radius 3 is 2.60 bits per heavy atom. The number of hydrogen-bond acceptors (Lipinski definition) is 6. The van der Waals surface area contributed by atoms with Gasteiger partial charge in [-0.3, -0.25) is 9.59 Å².